The third-order valence-corrected chi connectivity index (χ3v) is 4.15. The van der Waals surface area contributed by atoms with E-state index in [2.05, 4.69) is 5.32 Å². The zero-order valence-corrected chi connectivity index (χ0v) is 13.6. The molecule has 0 radical (unpaired) electrons. The first kappa shape index (κ1) is 16.5. The maximum Gasteiger partial charge on any atom is 0.230 e. The maximum atomic E-state index is 12.5. The Morgan fingerprint density at radius 3 is 2.36 bits per heavy atom. The van der Waals surface area contributed by atoms with Crippen LogP contribution in [0.2, 0.25) is 5.02 Å². The molecule has 0 bridgehead atoms. The van der Waals surface area contributed by atoms with E-state index in [9.17, 15) is 4.79 Å². The highest BCUT2D eigenvalue weighted by molar-refractivity contribution is 6.31. The summed E-state index contributed by atoms with van der Waals surface area (Å²) >= 11 is 6.21. The van der Waals surface area contributed by atoms with Crippen molar-refractivity contribution >= 4 is 17.5 Å². The van der Waals surface area contributed by atoms with Gasteiger partial charge in [0, 0.05) is 17.6 Å². The first-order valence-electron chi connectivity index (χ1n) is 7.26. The first-order chi connectivity index (χ1) is 10.4. The van der Waals surface area contributed by atoms with Gasteiger partial charge in [0.2, 0.25) is 5.91 Å². The molecule has 0 saturated heterocycles. The van der Waals surface area contributed by atoms with Crippen molar-refractivity contribution in [2.24, 2.45) is 5.73 Å². The van der Waals surface area contributed by atoms with Crippen molar-refractivity contribution in [3.05, 3.63) is 70.7 Å². The minimum absolute atomic E-state index is 0.0908. The summed E-state index contributed by atoms with van der Waals surface area (Å²) in [6.45, 7) is 4.10. The minimum Gasteiger partial charge on any atom is -0.353 e. The Hall–Kier alpha value is -1.84. The number of nitrogens with one attached hydrogen (secondary N) is 1. The van der Waals surface area contributed by atoms with Gasteiger partial charge in [-0.25, -0.2) is 0 Å². The van der Waals surface area contributed by atoms with Gasteiger partial charge in [0.05, 0.1) is 5.41 Å². The summed E-state index contributed by atoms with van der Waals surface area (Å²) in [6.07, 6.45) is 0. The molecule has 0 saturated carbocycles. The molecule has 0 fully saturated rings. The summed E-state index contributed by atoms with van der Waals surface area (Å²) in [5.74, 6) is -0.0908. The SMILES string of the molecule is CC(C)(C(=O)NCC(N)c1ccccc1)c1ccccc1Cl. The normalized spacial score (nSPS) is 12.7. The monoisotopic (exact) mass is 316 g/mol. The number of amides is 1. The van der Waals surface area contributed by atoms with E-state index in [4.69, 9.17) is 17.3 Å². The highest BCUT2D eigenvalue weighted by atomic mass is 35.5. The predicted molar refractivity (Wildman–Crippen MR) is 90.9 cm³/mol. The standard InChI is InChI=1S/C18H21ClN2O/c1-18(2,14-10-6-7-11-15(14)19)17(22)21-12-16(20)13-8-4-3-5-9-13/h3-11,16H,12,20H2,1-2H3,(H,21,22). The Bertz CT molecular complexity index is 641. The largest absolute Gasteiger partial charge is 0.353 e. The lowest BCUT2D eigenvalue weighted by molar-refractivity contribution is -0.125. The van der Waals surface area contributed by atoms with Gasteiger partial charge in [-0.1, -0.05) is 60.1 Å². The van der Waals surface area contributed by atoms with Crippen LogP contribution in [0.25, 0.3) is 0 Å². The van der Waals surface area contributed by atoms with Gasteiger partial charge < -0.3 is 11.1 Å². The number of rotatable bonds is 5. The van der Waals surface area contributed by atoms with Crippen LogP contribution in [0.1, 0.15) is 31.0 Å². The lowest BCUT2D eigenvalue weighted by Crippen LogP contribution is -2.43. The zero-order chi connectivity index (χ0) is 16.2. The fourth-order valence-electron chi connectivity index (χ4n) is 2.33. The van der Waals surface area contributed by atoms with Crippen molar-refractivity contribution in [2.75, 3.05) is 6.54 Å². The number of hydrogen-bond acceptors (Lipinski definition) is 2. The van der Waals surface area contributed by atoms with E-state index in [0.29, 0.717) is 11.6 Å². The van der Waals surface area contributed by atoms with Crippen molar-refractivity contribution in [3.8, 4) is 0 Å². The van der Waals surface area contributed by atoms with Gasteiger partial charge >= 0.3 is 0 Å². The zero-order valence-electron chi connectivity index (χ0n) is 12.8. The van der Waals surface area contributed by atoms with Crippen LogP contribution in [0.5, 0.6) is 0 Å². The van der Waals surface area contributed by atoms with E-state index in [1.807, 2.05) is 62.4 Å². The molecule has 0 aliphatic carbocycles. The summed E-state index contributed by atoms with van der Waals surface area (Å²) in [6, 6.07) is 16.9. The molecule has 3 N–H and O–H groups in total. The van der Waals surface area contributed by atoms with Crippen molar-refractivity contribution in [1.29, 1.82) is 0 Å². The third kappa shape index (κ3) is 3.67. The number of benzene rings is 2. The van der Waals surface area contributed by atoms with E-state index in [0.717, 1.165) is 11.1 Å². The van der Waals surface area contributed by atoms with Crippen molar-refractivity contribution in [2.45, 2.75) is 25.3 Å². The molecule has 2 aromatic carbocycles. The fraction of sp³-hybridized carbons (Fsp3) is 0.278. The van der Waals surface area contributed by atoms with E-state index < -0.39 is 5.41 Å². The molecule has 1 unspecified atom stereocenters. The Morgan fingerprint density at radius 1 is 1.14 bits per heavy atom. The second kappa shape index (κ2) is 6.95. The molecule has 0 aromatic heterocycles. The fourth-order valence-corrected chi connectivity index (χ4v) is 2.70. The summed E-state index contributed by atoms with van der Waals surface area (Å²) in [4.78, 5) is 12.5. The van der Waals surface area contributed by atoms with Crippen LogP contribution in [0.4, 0.5) is 0 Å². The van der Waals surface area contributed by atoms with Crippen LogP contribution >= 0.6 is 11.6 Å². The van der Waals surface area contributed by atoms with Gasteiger partial charge in [-0.3, -0.25) is 4.79 Å². The van der Waals surface area contributed by atoms with Gasteiger partial charge in [-0.2, -0.15) is 0 Å². The van der Waals surface area contributed by atoms with E-state index in [1.54, 1.807) is 6.07 Å². The number of carbonyl (C=O) groups excluding carboxylic acids is 1. The molecule has 0 heterocycles. The number of halogens is 1. The summed E-state index contributed by atoms with van der Waals surface area (Å²) in [5, 5.41) is 3.52. The van der Waals surface area contributed by atoms with E-state index in [1.165, 1.54) is 0 Å². The van der Waals surface area contributed by atoms with Crippen LogP contribution in [0, 0.1) is 0 Å². The number of nitrogens with two attached hydrogens (primary N) is 1. The molecule has 0 aliphatic heterocycles. The Morgan fingerprint density at radius 2 is 1.73 bits per heavy atom. The summed E-state index contributed by atoms with van der Waals surface area (Å²) in [5.41, 5.74) is 7.21. The van der Waals surface area contributed by atoms with Gasteiger partial charge in [-0.15, -0.1) is 0 Å². The number of carbonyl (C=O) groups is 1. The minimum atomic E-state index is -0.714. The molecule has 3 nitrogen and oxygen atoms in total. The first-order valence-corrected chi connectivity index (χ1v) is 7.64. The van der Waals surface area contributed by atoms with Gasteiger partial charge in [0.1, 0.15) is 0 Å². The Balaban J connectivity index is 2.04. The predicted octanol–water partition coefficient (Wildman–Crippen LogP) is 3.43. The molecule has 1 atom stereocenters. The van der Waals surface area contributed by atoms with Gasteiger partial charge in [0.15, 0.2) is 0 Å². The van der Waals surface area contributed by atoms with Crippen molar-refractivity contribution in [3.63, 3.8) is 0 Å². The summed E-state index contributed by atoms with van der Waals surface area (Å²) in [7, 11) is 0. The number of hydrogen-bond donors (Lipinski definition) is 2. The highest BCUT2D eigenvalue weighted by Crippen LogP contribution is 2.29. The van der Waals surface area contributed by atoms with Crippen LogP contribution in [0.15, 0.2) is 54.6 Å². The molecular weight excluding hydrogens is 296 g/mol. The lowest BCUT2D eigenvalue weighted by Gasteiger charge is -2.26. The average molecular weight is 317 g/mol. The van der Waals surface area contributed by atoms with Crippen molar-refractivity contribution < 1.29 is 4.79 Å². The molecule has 2 aromatic rings. The molecule has 4 heteroatoms. The topological polar surface area (TPSA) is 55.1 Å². The molecule has 1 amide bonds. The third-order valence-electron chi connectivity index (χ3n) is 3.83. The maximum absolute atomic E-state index is 12.5. The molecule has 0 spiro atoms. The quantitative estimate of drug-likeness (QED) is 0.888. The Labute approximate surface area is 136 Å². The molecule has 116 valence electrons. The second-order valence-electron chi connectivity index (χ2n) is 5.83. The molecule has 2 rings (SSSR count). The average Bonchev–Trinajstić information content (AvgIpc) is 2.53. The second-order valence-corrected chi connectivity index (χ2v) is 6.24. The van der Waals surface area contributed by atoms with Crippen LogP contribution in [-0.4, -0.2) is 12.5 Å². The van der Waals surface area contributed by atoms with Crippen LogP contribution in [0.3, 0.4) is 0 Å². The van der Waals surface area contributed by atoms with E-state index >= 15 is 0 Å². The van der Waals surface area contributed by atoms with Gasteiger partial charge in [0.25, 0.3) is 0 Å². The lowest BCUT2D eigenvalue weighted by atomic mass is 9.83. The summed E-state index contributed by atoms with van der Waals surface area (Å²) < 4.78 is 0. The van der Waals surface area contributed by atoms with Gasteiger partial charge in [-0.05, 0) is 31.0 Å². The smallest absolute Gasteiger partial charge is 0.230 e. The van der Waals surface area contributed by atoms with Crippen LogP contribution < -0.4 is 11.1 Å². The highest BCUT2D eigenvalue weighted by Gasteiger charge is 2.31. The molecular formula is C18H21ClN2O. The van der Waals surface area contributed by atoms with Crippen molar-refractivity contribution in [1.82, 2.24) is 5.32 Å². The van der Waals surface area contributed by atoms with E-state index in [-0.39, 0.29) is 11.9 Å². The Kier molecular flexibility index (Phi) is 5.22. The molecule has 22 heavy (non-hydrogen) atoms. The molecule has 0 aliphatic rings. The van der Waals surface area contributed by atoms with Crippen LogP contribution in [-0.2, 0) is 10.2 Å².